The minimum absolute atomic E-state index is 0.749. The maximum Gasteiger partial charge on any atom is 0.101 e. The molecule has 0 amide bonds. The minimum atomic E-state index is 0.749. The van der Waals surface area contributed by atoms with Crippen LogP contribution < -0.4 is 15.5 Å². The first-order chi connectivity index (χ1) is 10.3. The summed E-state index contributed by atoms with van der Waals surface area (Å²) in [5.41, 5.74) is 9.51. The highest BCUT2D eigenvalue weighted by Gasteiger charge is 2.19. The summed E-state index contributed by atoms with van der Waals surface area (Å²) in [6, 6.07) is 18.1. The molecule has 0 saturated carbocycles. The smallest absolute Gasteiger partial charge is 0.101 e. The largest absolute Gasteiger partial charge is 0.399 e. The van der Waals surface area contributed by atoms with Crippen LogP contribution in [0.1, 0.15) is 5.56 Å². The third-order valence-corrected chi connectivity index (χ3v) is 3.90. The number of anilines is 3. The van der Waals surface area contributed by atoms with Crippen molar-refractivity contribution in [2.75, 3.05) is 41.7 Å². The van der Waals surface area contributed by atoms with E-state index < -0.39 is 0 Å². The molecule has 1 aliphatic heterocycles. The number of nitriles is 1. The Labute approximate surface area is 125 Å². The lowest BCUT2D eigenvalue weighted by atomic mass is 10.1. The van der Waals surface area contributed by atoms with Gasteiger partial charge in [-0.2, -0.15) is 5.26 Å². The van der Waals surface area contributed by atoms with Crippen molar-refractivity contribution in [2.45, 2.75) is 0 Å². The van der Waals surface area contributed by atoms with Gasteiger partial charge in [-0.05, 0) is 36.4 Å². The van der Waals surface area contributed by atoms with Gasteiger partial charge in [-0.3, -0.25) is 0 Å². The van der Waals surface area contributed by atoms with Gasteiger partial charge in [0.1, 0.15) is 6.07 Å². The fourth-order valence-corrected chi connectivity index (χ4v) is 2.73. The Morgan fingerprint density at radius 2 is 1.48 bits per heavy atom. The van der Waals surface area contributed by atoms with Gasteiger partial charge in [-0.15, -0.1) is 0 Å². The van der Waals surface area contributed by atoms with Gasteiger partial charge >= 0.3 is 0 Å². The summed E-state index contributed by atoms with van der Waals surface area (Å²) in [7, 11) is 0. The van der Waals surface area contributed by atoms with Gasteiger partial charge in [-0.1, -0.05) is 12.1 Å². The van der Waals surface area contributed by atoms with Crippen LogP contribution in [0.15, 0.2) is 48.5 Å². The lowest BCUT2D eigenvalue weighted by Gasteiger charge is -2.37. The van der Waals surface area contributed by atoms with E-state index in [9.17, 15) is 5.26 Å². The topological polar surface area (TPSA) is 56.3 Å². The first-order valence-corrected chi connectivity index (χ1v) is 7.12. The average Bonchev–Trinajstić information content (AvgIpc) is 2.56. The van der Waals surface area contributed by atoms with Crippen molar-refractivity contribution < 1.29 is 0 Å². The summed E-state index contributed by atoms with van der Waals surface area (Å²) in [5, 5.41) is 9.21. The predicted octanol–water partition coefficient (Wildman–Crippen LogP) is 2.47. The molecule has 0 spiro atoms. The van der Waals surface area contributed by atoms with E-state index >= 15 is 0 Å². The predicted molar refractivity (Wildman–Crippen MR) is 86.4 cm³/mol. The molecule has 106 valence electrons. The van der Waals surface area contributed by atoms with Gasteiger partial charge < -0.3 is 15.5 Å². The molecule has 2 aromatic carbocycles. The lowest BCUT2D eigenvalue weighted by molar-refractivity contribution is 0.653. The monoisotopic (exact) mass is 278 g/mol. The summed E-state index contributed by atoms with van der Waals surface area (Å²) in [5.74, 6) is 0. The van der Waals surface area contributed by atoms with Gasteiger partial charge in [0.15, 0.2) is 0 Å². The van der Waals surface area contributed by atoms with E-state index in [0.717, 1.165) is 43.1 Å². The van der Waals surface area contributed by atoms with Crippen molar-refractivity contribution in [2.24, 2.45) is 0 Å². The number of hydrogen-bond donors (Lipinski definition) is 1. The third kappa shape index (κ3) is 2.77. The van der Waals surface area contributed by atoms with E-state index in [1.165, 1.54) is 5.69 Å². The van der Waals surface area contributed by atoms with Crippen LogP contribution in [0.3, 0.4) is 0 Å². The van der Waals surface area contributed by atoms with E-state index in [-0.39, 0.29) is 0 Å². The zero-order valence-corrected chi connectivity index (χ0v) is 11.9. The van der Waals surface area contributed by atoms with E-state index in [1.807, 2.05) is 36.4 Å². The van der Waals surface area contributed by atoms with Crippen molar-refractivity contribution >= 4 is 17.1 Å². The summed E-state index contributed by atoms with van der Waals surface area (Å²) in [6.45, 7) is 3.74. The Bertz CT molecular complexity index is 649. The summed E-state index contributed by atoms with van der Waals surface area (Å²) < 4.78 is 0. The van der Waals surface area contributed by atoms with Gasteiger partial charge in [0.2, 0.25) is 0 Å². The zero-order valence-electron chi connectivity index (χ0n) is 11.9. The van der Waals surface area contributed by atoms with Crippen molar-refractivity contribution in [1.82, 2.24) is 0 Å². The Hall–Kier alpha value is -2.67. The molecule has 4 nitrogen and oxygen atoms in total. The van der Waals surface area contributed by atoms with Crippen LogP contribution in [0.4, 0.5) is 17.1 Å². The maximum absolute atomic E-state index is 9.21. The van der Waals surface area contributed by atoms with Crippen LogP contribution in [0, 0.1) is 11.3 Å². The summed E-state index contributed by atoms with van der Waals surface area (Å²) >= 11 is 0. The van der Waals surface area contributed by atoms with Gasteiger partial charge in [0.05, 0.1) is 11.3 Å². The molecule has 3 rings (SSSR count). The standard InChI is InChI=1S/C17H18N4/c18-13-14-3-1-2-4-17(14)21-11-9-20(10-12-21)16-7-5-15(19)6-8-16/h1-8H,9-12,19H2. The molecule has 1 saturated heterocycles. The fourth-order valence-electron chi connectivity index (χ4n) is 2.73. The van der Waals surface area contributed by atoms with Crippen LogP contribution in [0.25, 0.3) is 0 Å². The summed E-state index contributed by atoms with van der Waals surface area (Å²) in [6.07, 6.45) is 0. The number of nitrogens with two attached hydrogens (primary N) is 1. The fraction of sp³-hybridized carbons (Fsp3) is 0.235. The highest BCUT2D eigenvalue weighted by Crippen LogP contribution is 2.23. The van der Waals surface area contributed by atoms with E-state index in [2.05, 4.69) is 28.0 Å². The van der Waals surface area contributed by atoms with Crippen LogP contribution in [0.5, 0.6) is 0 Å². The zero-order chi connectivity index (χ0) is 14.7. The molecular formula is C17H18N4. The third-order valence-electron chi connectivity index (χ3n) is 3.90. The highest BCUT2D eigenvalue weighted by molar-refractivity contribution is 5.61. The highest BCUT2D eigenvalue weighted by atomic mass is 15.3. The second kappa shape index (κ2) is 5.76. The van der Waals surface area contributed by atoms with Gasteiger partial charge in [-0.25, -0.2) is 0 Å². The Morgan fingerprint density at radius 1 is 0.857 bits per heavy atom. The molecule has 1 heterocycles. The summed E-state index contributed by atoms with van der Waals surface area (Å²) in [4.78, 5) is 4.64. The molecule has 0 radical (unpaired) electrons. The molecule has 2 aromatic rings. The second-order valence-corrected chi connectivity index (χ2v) is 5.19. The quantitative estimate of drug-likeness (QED) is 0.857. The maximum atomic E-state index is 9.21. The molecule has 0 bridgehead atoms. The molecule has 2 N–H and O–H groups in total. The molecule has 0 atom stereocenters. The molecule has 1 aliphatic rings. The first kappa shape index (κ1) is 13.3. The Kier molecular flexibility index (Phi) is 3.65. The molecule has 21 heavy (non-hydrogen) atoms. The van der Waals surface area contributed by atoms with Gasteiger partial charge in [0, 0.05) is 37.6 Å². The molecule has 0 aliphatic carbocycles. The second-order valence-electron chi connectivity index (χ2n) is 5.19. The molecule has 0 unspecified atom stereocenters. The Balaban J connectivity index is 1.70. The number of rotatable bonds is 2. The Morgan fingerprint density at radius 3 is 2.14 bits per heavy atom. The molecule has 4 heteroatoms. The van der Waals surface area contributed by atoms with Crippen molar-refractivity contribution in [1.29, 1.82) is 5.26 Å². The van der Waals surface area contributed by atoms with Crippen LogP contribution in [-0.2, 0) is 0 Å². The van der Waals surface area contributed by atoms with Crippen molar-refractivity contribution in [3.63, 3.8) is 0 Å². The van der Waals surface area contributed by atoms with E-state index in [1.54, 1.807) is 0 Å². The van der Waals surface area contributed by atoms with Crippen molar-refractivity contribution in [3.8, 4) is 6.07 Å². The van der Waals surface area contributed by atoms with Crippen LogP contribution >= 0.6 is 0 Å². The van der Waals surface area contributed by atoms with Crippen LogP contribution in [-0.4, -0.2) is 26.2 Å². The molecule has 1 fully saturated rings. The van der Waals surface area contributed by atoms with E-state index in [0.29, 0.717) is 0 Å². The number of nitrogens with zero attached hydrogens (tertiary/aromatic N) is 3. The van der Waals surface area contributed by atoms with E-state index in [4.69, 9.17) is 5.73 Å². The van der Waals surface area contributed by atoms with Crippen LogP contribution in [0.2, 0.25) is 0 Å². The van der Waals surface area contributed by atoms with Crippen molar-refractivity contribution in [3.05, 3.63) is 54.1 Å². The lowest BCUT2D eigenvalue weighted by Crippen LogP contribution is -2.46. The normalized spacial score (nSPS) is 14.8. The number of nitrogen functional groups attached to an aromatic ring is 1. The number of benzene rings is 2. The molecular weight excluding hydrogens is 260 g/mol. The number of para-hydroxylation sites is 1. The molecule has 0 aromatic heterocycles. The average molecular weight is 278 g/mol. The van der Waals surface area contributed by atoms with Gasteiger partial charge in [0.25, 0.3) is 0 Å². The number of hydrogen-bond acceptors (Lipinski definition) is 4. The first-order valence-electron chi connectivity index (χ1n) is 7.12. The SMILES string of the molecule is N#Cc1ccccc1N1CCN(c2ccc(N)cc2)CC1. The number of piperazine rings is 1. The minimum Gasteiger partial charge on any atom is -0.399 e.